The molecule has 1 heterocycles. The quantitative estimate of drug-likeness (QED) is 0.738. The zero-order chi connectivity index (χ0) is 12.1. The molecule has 0 saturated carbocycles. The highest BCUT2D eigenvalue weighted by Gasteiger charge is 2.04. The fraction of sp³-hybridized carbons (Fsp3) is 0.417. The van der Waals surface area contributed by atoms with Gasteiger partial charge in [0.1, 0.15) is 11.0 Å². The van der Waals surface area contributed by atoms with Gasteiger partial charge in [0.25, 0.3) is 0 Å². The third-order valence-electron chi connectivity index (χ3n) is 2.37. The predicted molar refractivity (Wildman–Crippen MR) is 63.4 cm³/mol. The molecule has 0 aliphatic heterocycles. The maximum Gasteiger partial charge on any atom is 0.305 e. The topological polar surface area (TPSA) is 57.0 Å². The highest BCUT2D eigenvalue weighted by molar-refractivity contribution is 5.73. The number of aryl methyl sites for hydroxylation is 1. The van der Waals surface area contributed by atoms with Gasteiger partial charge in [0, 0.05) is 6.42 Å². The SMILES string of the molecule is CCOC(=O)CCCn1nc2ccccc2n1. The molecule has 0 saturated heterocycles. The van der Waals surface area contributed by atoms with Gasteiger partial charge in [0.15, 0.2) is 0 Å². The molecule has 0 fully saturated rings. The van der Waals surface area contributed by atoms with Crippen molar-refractivity contribution < 1.29 is 9.53 Å². The van der Waals surface area contributed by atoms with Gasteiger partial charge < -0.3 is 4.74 Å². The van der Waals surface area contributed by atoms with Crippen LogP contribution in [0.25, 0.3) is 11.0 Å². The van der Waals surface area contributed by atoms with Crippen molar-refractivity contribution in [1.82, 2.24) is 15.0 Å². The summed E-state index contributed by atoms with van der Waals surface area (Å²) in [5.41, 5.74) is 1.76. The normalized spacial score (nSPS) is 10.6. The minimum Gasteiger partial charge on any atom is -0.466 e. The highest BCUT2D eigenvalue weighted by Crippen LogP contribution is 2.07. The van der Waals surface area contributed by atoms with Crippen LogP contribution in [0.1, 0.15) is 19.8 Å². The molecule has 0 spiro atoms. The van der Waals surface area contributed by atoms with Gasteiger partial charge in [0.05, 0.1) is 13.2 Å². The summed E-state index contributed by atoms with van der Waals surface area (Å²) in [5.74, 6) is -0.163. The summed E-state index contributed by atoms with van der Waals surface area (Å²) >= 11 is 0. The van der Waals surface area contributed by atoms with Gasteiger partial charge in [-0.2, -0.15) is 15.0 Å². The largest absolute Gasteiger partial charge is 0.466 e. The zero-order valence-corrected chi connectivity index (χ0v) is 9.80. The lowest BCUT2D eigenvalue weighted by Gasteiger charge is -2.00. The smallest absolute Gasteiger partial charge is 0.305 e. The van der Waals surface area contributed by atoms with Gasteiger partial charge in [-0.25, -0.2) is 0 Å². The lowest BCUT2D eigenvalue weighted by atomic mass is 10.3. The van der Waals surface area contributed by atoms with Gasteiger partial charge in [0.2, 0.25) is 0 Å². The van der Waals surface area contributed by atoms with E-state index in [1.54, 1.807) is 11.7 Å². The Kier molecular flexibility index (Phi) is 3.69. The molecule has 5 heteroatoms. The van der Waals surface area contributed by atoms with E-state index in [1.165, 1.54) is 0 Å². The standard InChI is InChI=1S/C12H15N3O2/c1-2-17-12(16)8-5-9-15-13-10-6-3-4-7-11(10)14-15/h3-4,6-7H,2,5,8-9H2,1H3. The van der Waals surface area contributed by atoms with E-state index < -0.39 is 0 Å². The summed E-state index contributed by atoms with van der Waals surface area (Å²) in [6.45, 7) is 2.87. The Morgan fingerprint density at radius 2 is 1.94 bits per heavy atom. The number of esters is 1. The van der Waals surface area contributed by atoms with Crippen LogP contribution in [0.2, 0.25) is 0 Å². The second-order valence-corrected chi connectivity index (χ2v) is 3.69. The fourth-order valence-electron chi connectivity index (χ4n) is 1.60. The summed E-state index contributed by atoms with van der Waals surface area (Å²) in [6.07, 6.45) is 1.10. The Morgan fingerprint density at radius 1 is 1.29 bits per heavy atom. The van der Waals surface area contributed by atoms with Crippen molar-refractivity contribution in [3.63, 3.8) is 0 Å². The van der Waals surface area contributed by atoms with E-state index in [4.69, 9.17) is 4.74 Å². The van der Waals surface area contributed by atoms with Crippen molar-refractivity contribution in [2.45, 2.75) is 26.3 Å². The van der Waals surface area contributed by atoms with E-state index in [0.717, 1.165) is 11.0 Å². The van der Waals surface area contributed by atoms with Crippen molar-refractivity contribution in [3.8, 4) is 0 Å². The number of benzene rings is 1. The van der Waals surface area contributed by atoms with Gasteiger partial charge in [-0.05, 0) is 25.5 Å². The highest BCUT2D eigenvalue weighted by atomic mass is 16.5. The minimum atomic E-state index is -0.163. The molecule has 0 aliphatic carbocycles. The van der Waals surface area contributed by atoms with Crippen molar-refractivity contribution in [3.05, 3.63) is 24.3 Å². The monoisotopic (exact) mass is 233 g/mol. The molecule has 0 aliphatic rings. The van der Waals surface area contributed by atoms with Crippen molar-refractivity contribution in [1.29, 1.82) is 0 Å². The molecule has 0 N–H and O–H groups in total. The van der Waals surface area contributed by atoms with Crippen molar-refractivity contribution in [2.75, 3.05) is 6.61 Å². The van der Waals surface area contributed by atoms with E-state index >= 15 is 0 Å². The third-order valence-corrected chi connectivity index (χ3v) is 2.37. The number of ether oxygens (including phenoxy) is 1. The van der Waals surface area contributed by atoms with Crippen LogP contribution in [-0.4, -0.2) is 27.6 Å². The van der Waals surface area contributed by atoms with E-state index in [2.05, 4.69) is 10.2 Å². The van der Waals surface area contributed by atoms with Crippen LogP contribution in [-0.2, 0) is 16.1 Å². The first-order valence-electron chi connectivity index (χ1n) is 5.75. The number of carbonyl (C=O) groups excluding carboxylic acids is 1. The lowest BCUT2D eigenvalue weighted by Crippen LogP contribution is -2.07. The van der Waals surface area contributed by atoms with Crippen LogP contribution < -0.4 is 0 Å². The Morgan fingerprint density at radius 3 is 2.53 bits per heavy atom. The average Bonchev–Trinajstić information content (AvgIpc) is 2.71. The molecular weight excluding hydrogens is 218 g/mol. The molecule has 0 radical (unpaired) electrons. The zero-order valence-electron chi connectivity index (χ0n) is 9.80. The molecule has 1 aromatic heterocycles. The van der Waals surface area contributed by atoms with E-state index in [1.807, 2.05) is 24.3 Å². The van der Waals surface area contributed by atoms with Gasteiger partial charge in [-0.1, -0.05) is 12.1 Å². The molecule has 0 atom stereocenters. The first-order chi connectivity index (χ1) is 8.29. The molecule has 0 amide bonds. The molecule has 17 heavy (non-hydrogen) atoms. The maximum absolute atomic E-state index is 11.1. The Labute approximate surface area is 99.4 Å². The van der Waals surface area contributed by atoms with Crippen LogP contribution in [0, 0.1) is 0 Å². The number of nitrogens with zero attached hydrogens (tertiary/aromatic N) is 3. The van der Waals surface area contributed by atoms with Crippen LogP contribution in [0.15, 0.2) is 24.3 Å². The van der Waals surface area contributed by atoms with Crippen molar-refractivity contribution >= 4 is 17.0 Å². The number of aromatic nitrogens is 3. The molecule has 5 nitrogen and oxygen atoms in total. The molecule has 0 unspecified atom stereocenters. The summed E-state index contributed by atoms with van der Waals surface area (Å²) in [4.78, 5) is 12.8. The minimum absolute atomic E-state index is 0.163. The third kappa shape index (κ3) is 3.03. The van der Waals surface area contributed by atoms with Crippen LogP contribution in [0.5, 0.6) is 0 Å². The maximum atomic E-state index is 11.1. The molecule has 2 aromatic rings. The first kappa shape index (κ1) is 11.6. The second kappa shape index (κ2) is 5.43. The lowest BCUT2D eigenvalue weighted by molar-refractivity contribution is -0.143. The van der Waals surface area contributed by atoms with Crippen LogP contribution >= 0.6 is 0 Å². The average molecular weight is 233 g/mol. The van der Waals surface area contributed by atoms with E-state index in [-0.39, 0.29) is 5.97 Å². The van der Waals surface area contributed by atoms with Crippen LogP contribution in [0.4, 0.5) is 0 Å². The molecule has 1 aromatic carbocycles. The Bertz CT molecular complexity index is 474. The molecular formula is C12H15N3O2. The molecule has 90 valence electrons. The number of fused-ring (bicyclic) bond motifs is 1. The number of rotatable bonds is 5. The van der Waals surface area contributed by atoms with E-state index in [0.29, 0.717) is 26.0 Å². The first-order valence-corrected chi connectivity index (χ1v) is 5.75. The van der Waals surface area contributed by atoms with Gasteiger partial charge >= 0.3 is 5.97 Å². The second-order valence-electron chi connectivity index (χ2n) is 3.69. The Hall–Kier alpha value is -1.91. The van der Waals surface area contributed by atoms with Gasteiger partial charge in [-0.15, -0.1) is 0 Å². The number of hydrogen-bond donors (Lipinski definition) is 0. The number of hydrogen-bond acceptors (Lipinski definition) is 4. The predicted octanol–water partition coefficient (Wildman–Crippen LogP) is 1.77. The fourth-order valence-corrected chi connectivity index (χ4v) is 1.60. The molecule has 2 rings (SSSR count). The summed E-state index contributed by atoms with van der Waals surface area (Å²) in [7, 11) is 0. The van der Waals surface area contributed by atoms with E-state index in [9.17, 15) is 4.79 Å². The number of carbonyl (C=O) groups is 1. The Balaban J connectivity index is 1.89. The summed E-state index contributed by atoms with van der Waals surface area (Å²) in [5, 5.41) is 8.62. The summed E-state index contributed by atoms with van der Waals surface area (Å²) in [6, 6.07) is 7.70. The van der Waals surface area contributed by atoms with Crippen molar-refractivity contribution in [2.24, 2.45) is 0 Å². The van der Waals surface area contributed by atoms with Gasteiger partial charge in [-0.3, -0.25) is 4.79 Å². The summed E-state index contributed by atoms with van der Waals surface area (Å²) < 4.78 is 4.85. The van der Waals surface area contributed by atoms with Crippen LogP contribution in [0.3, 0.4) is 0 Å². The molecule has 0 bridgehead atoms.